The lowest BCUT2D eigenvalue weighted by Crippen LogP contribution is -2.47. The number of sulfonamides is 1. The SMILES string of the molecule is CC1(C)CCC(CN2CCN(c3ccc(C(=O)NS(=O)(=O)c4ccc(NC5CCC(N(CCC#N)C6CC6)CC5)c([N+](=O)[O-])c4)c(Oc4cnc5[nH]ccc5c4)c3)CC2)=C(c2ccc(Cl)cc2)C1. The van der Waals surface area contributed by atoms with Crippen LogP contribution in [0.15, 0.2) is 95.7 Å². The minimum absolute atomic E-state index is 0.0384. The van der Waals surface area contributed by atoms with E-state index in [1.165, 1.54) is 35.0 Å². The monoisotopic (exact) mass is 959 g/mol. The molecule has 1 aliphatic heterocycles. The Hall–Kier alpha value is -5.99. The third-order valence-corrected chi connectivity index (χ3v) is 15.6. The van der Waals surface area contributed by atoms with E-state index in [0.717, 1.165) is 119 Å². The van der Waals surface area contributed by atoms with Gasteiger partial charge in [0.1, 0.15) is 22.8 Å². The fraction of sp³-hybridized carbons (Fsp3) is 0.431. The molecule has 2 aromatic heterocycles. The highest BCUT2D eigenvalue weighted by Crippen LogP contribution is 2.44. The number of allylic oxidation sites excluding steroid dienone is 1. The van der Waals surface area contributed by atoms with Crippen LogP contribution in [-0.4, -0.2) is 96.4 Å². The van der Waals surface area contributed by atoms with Crippen molar-refractivity contribution in [2.24, 2.45) is 5.41 Å². The van der Waals surface area contributed by atoms with Gasteiger partial charge in [-0.05, 0) is 123 Å². The van der Waals surface area contributed by atoms with Gasteiger partial charge in [-0.15, -0.1) is 0 Å². The first-order chi connectivity index (χ1) is 32.7. The molecule has 3 heterocycles. The molecule has 5 aromatic rings. The lowest BCUT2D eigenvalue weighted by atomic mass is 9.72. The number of aromatic amines is 1. The van der Waals surface area contributed by atoms with E-state index in [1.54, 1.807) is 30.5 Å². The number of carbonyl (C=O) groups excluding carboxylic acids is 1. The normalized spacial score (nSPS) is 20.0. The number of rotatable bonds is 16. The molecule has 3 aliphatic carbocycles. The van der Waals surface area contributed by atoms with E-state index in [9.17, 15) is 23.3 Å². The molecule has 0 unspecified atom stereocenters. The minimum atomic E-state index is -4.59. The molecule has 3 aromatic carbocycles. The number of hydrogen-bond donors (Lipinski definition) is 3. The van der Waals surface area contributed by atoms with Gasteiger partial charge in [0.25, 0.3) is 21.6 Å². The van der Waals surface area contributed by atoms with Gasteiger partial charge in [0.2, 0.25) is 0 Å². The van der Waals surface area contributed by atoms with Crippen molar-refractivity contribution in [1.29, 1.82) is 5.26 Å². The van der Waals surface area contributed by atoms with E-state index >= 15 is 0 Å². The van der Waals surface area contributed by atoms with Gasteiger partial charge >= 0.3 is 0 Å². The number of nitro groups is 1. The van der Waals surface area contributed by atoms with Crippen LogP contribution in [0.5, 0.6) is 11.5 Å². The van der Waals surface area contributed by atoms with Crippen molar-refractivity contribution in [2.75, 3.05) is 49.5 Å². The Morgan fingerprint density at radius 2 is 1.74 bits per heavy atom. The Kier molecular flexibility index (Phi) is 13.8. The van der Waals surface area contributed by atoms with Crippen LogP contribution < -0.4 is 19.7 Å². The topological polar surface area (TPSA) is 190 Å². The number of halogens is 1. The predicted molar refractivity (Wildman–Crippen MR) is 265 cm³/mol. The van der Waals surface area contributed by atoms with Crippen LogP contribution in [0.1, 0.15) is 94.0 Å². The number of nitrogens with one attached hydrogen (secondary N) is 3. The van der Waals surface area contributed by atoms with E-state index in [2.05, 4.69) is 66.8 Å². The highest BCUT2D eigenvalue weighted by molar-refractivity contribution is 7.90. The molecular formula is C51H58ClN9O6S. The predicted octanol–water partition coefficient (Wildman–Crippen LogP) is 9.92. The number of piperazine rings is 1. The van der Waals surface area contributed by atoms with Crippen LogP contribution in [0.25, 0.3) is 16.6 Å². The summed E-state index contributed by atoms with van der Waals surface area (Å²) in [6, 6.07) is 23.7. The number of fused-ring (bicyclic) bond motifs is 1. The van der Waals surface area contributed by atoms with Crippen LogP contribution >= 0.6 is 11.6 Å². The number of anilines is 2. The Morgan fingerprint density at radius 1 is 1.00 bits per heavy atom. The maximum Gasteiger partial charge on any atom is 0.293 e. The van der Waals surface area contributed by atoms with E-state index in [0.29, 0.717) is 29.9 Å². The van der Waals surface area contributed by atoms with Crippen molar-refractivity contribution < 1.29 is 22.9 Å². The van der Waals surface area contributed by atoms with E-state index < -0.39 is 31.4 Å². The molecule has 3 N–H and O–H groups in total. The van der Waals surface area contributed by atoms with E-state index in [1.807, 2.05) is 18.2 Å². The molecule has 1 amide bonds. The van der Waals surface area contributed by atoms with Crippen molar-refractivity contribution in [3.63, 3.8) is 0 Å². The molecule has 0 atom stereocenters. The highest BCUT2D eigenvalue weighted by atomic mass is 35.5. The molecule has 2 saturated carbocycles. The van der Waals surface area contributed by atoms with Gasteiger partial charge in [0.05, 0.1) is 27.6 Å². The van der Waals surface area contributed by atoms with Crippen molar-refractivity contribution in [1.82, 2.24) is 24.5 Å². The maximum absolute atomic E-state index is 14.1. The van der Waals surface area contributed by atoms with Crippen molar-refractivity contribution in [3.8, 4) is 17.6 Å². The molecule has 68 heavy (non-hydrogen) atoms. The number of carbonyl (C=O) groups is 1. The molecule has 3 fully saturated rings. The fourth-order valence-electron chi connectivity index (χ4n) is 10.2. The minimum Gasteiger partial charge on any atom is -0.455 e. The van der Waals surface area contributed by atoms with Crippen LogP contribution in [0.3, 0.4) is 0 Å². The van der Waals surface area contributed by atoms with Crippen molar-refractivity contribution >= 4 is 61.2 Å². The van der Waals surface area contributed by atoms with Crippen molar-refractivity contribution in [2.45, 2.75) is 101 Å². The summed E-state index contributed by atoms with van der Waals surface area (Å²) in [5, 5.41) is 26.3. The van der Waals surface area contributed by atoms with Gasteiger partial charge in [-0.2, -0.15) is 5.26 Å². The van der Waals surface area contributed by atoms with Gasteiger partial charge in [-0.3, -0.25) is 24.7 Å². The number of H-pyrrole nitrogens is 1. The first-order valence-corrected chi connectivity index (χ1v) is 25.5. The summed E-state index contributed by atoms with van der Waals surface area (Å²) in [6.07, 6.45) is 12.6. The third-order valence-electron chi connectivity index (χ3n) is 14.1. The molecule has 1 saturated heterocycles. The number of aromatic nitrogens is 2. The number of benzene rings is 3. The highest BCUT2D eigenvalue weighted by Gasteiger charge is 2.36. The molecule has 15 nitrogen and oxygen atoms in total. The second kappa shape index (κ2) is 19.9. The average Bonchev–Trinajstić information content (AvgIpc) is 4.06. The fourth-order valence-corrected chi connectivity index (χ4v) is 11.3. The van der Waals surface area contributed by atoms with Gasteiger partial charge in [-0.25, -0.2) is 18.1 Å². The van der Waals surface area contributed by atoms with Gasteiger partial charge in [0, 0.05) is 98.2 Å². The number of pyridine rings is 1. The largest absolute Gasteiger partial charge is 0.455 e. The Morgan fingerprint density at radius 3 is 2.44 bits per heavy atom. The van der Waals surface area contributed by atoms with Crippen molar-refractivity contribution in [3.05, 3.63) is 117 Å². The number of nitrogens with zero attached hydrogens (tertiary/aromatic N) is 6. The van der Waals surface area contributed by atoms with Gasteiger partial charge in [-0.1, -0.05) is 43.2 Å². The van der Waals surface area contributed by atoms with E-state index in [4.69, 9.17) is 21.6 Å². The summed E-state index contributed by atoms with van der Waals surface area (Å²) in [5.41, 5.74) is 5.56. The zero-order chi connectivity index (χ0) is 47.6. The number of hydrogen-bond acceptors (Lipinski definition) is 12. The van der Waals surface area contributed by atoms with E-state index in [-0.39, 0.29) is 28.5 Å². The Bertz CT molecular complexity index is 2860. The third kappa shape index (κ3) is 11.0. The standard InChI is InChI=1S/C51H58ClN9O6S/c1-51(2)20-18-36(45(31-51)34-4-6-37(52)7-5-34)33-58-24-26-59(27-25-58)41-14-16-44(48(29-41)67-42-28-35-19-22-54-49(35)55-32-42)50(62)57-68(65,66)43-15-17-46(47(30-43)61(63)64)56-38-8-10-39(11-9-38)60(23-3-21-53)40-12-13-40/h4-7,14-17,19,22,28-30,32,38-40,56H,3,8-13,18,20,23-27,31,33H2,1-2H3,(H,54,55)(H,57,62). The molecule has 0 spiro atoms. The molecular weight excluding hydrogens is 902 g/mol. The van der Waals surface area contributed by atoms with Crippen LogP contribution in [-0.2, 0) is 10.0 Å². The molecule has 356 valence electrons. The van der Waals surface area contributed by atoms with Crippen LogP contribution in [0.4, 0.5) is 17.1 Å². The summed E-state index contributed by atoms with van der Waals surface area (Å²) < 4.78 is 36.2. The lowest BCUT2D eigenvalue weighted by molar-refractivity contribution is -0.384. The lowest BCUT2D eigenvalue weighted by Gasteiger charge is -2.39. The second-order valence-electron chi connectivity index (χ2n) is 19.5. The number of amides is 1. The van der Waals surface area contributed by atoms with Crippen LogP contribution in [0.2, 0.25) is 5.02 Å². The number of ether oxygens (including phenoxy) is 1. The molecule has 4 aliphatic rings. The summed E-state index contributed by atoms with van der Waals surface area (Å²) in [5.74, 6) is -0.477. The smallest absolute Gasteiger partial charge is 0.293 e. The van der Waals surface area contributed by atoms with Gasteiger partial charge in [0.15, 0.2) is 0 Å². The number of nitro benzene ring substituents is 1. The molecule has 17 heteroatoms. The molecule has 9 rings (SSSR count). The van der Waals surface area contributed by atoms with Crippen LogP contribution in [0, 0.1) is 26.9 Å². The average molecular weight is 961 g/mol. The Balaban J connectivity index is 0.898. The Labute approximate surface area is 402 Å². The number of nitriles is 1. The second-order valence-corrected chi connectivity index (χ2v) is 21.6. The quantitative estimate of drug-likeness (QED) is 0.0628. The molecule has 0 radical (unpaired) electrons. The first kappa shape index (κ1) is 47.1. The summed E-state index contributed by atoms with van der Waals surface area (Å²) in [7, 11) is -4.59. The van der Waals surface area contributed by atoms with Gasteiger partial charge < -0.3 is 19.9 Å². The summed E-state index contributed by atoms with van der Waals surface area (Å²) >= 11 is 6.25. The maximum atomic E-state index is 14.1. The zero-order valence-corrected chi connectivity index (χ0v) is 40.1. The first-order valence-electron chi connectivity index (χ1n) is 23.7. The molecule has 0 bridgehead atoms. The summed E-state index contributed by atoms with van der Waals surface area (Å²) in [6.45, 7) is 9.38. The summed E-state index contributed by atoms with van der Waals surface area (Å²) in [4.78, 5) is 40.1. The zero-order valence-electron chi connectivity index (χ0n) is 38.5.